The average Bonchev–Trinajstić information content (AvgIpc) is 1.66. The number of aryl methyl sites for hydroxylation is 7. The second-order valence-electron chi connectivity index (χ2n) is 33.5. The summed E-state index contributed by atoms with van der Waals surface area (Å²) < 4.78 is 49.1. The summed E-state index contributed by atoms with van der Waals surface area (Å²) in [4.78, 5) is 132. The molecular weight excluding hydrogens is 2130 g/mol. The first-order valence-corrected chi connectivity index (χ1v) is 56.5. The maximum atomic E-state index is 12.7. The average molecular weight is 2220 g/mol. The van der Waals surface area contributed by atoms with Crippen LogP contribution in [0.4, 0.5) is 35.6 Å². The molecular formula is C102H88ClN21O10S13. The van der Waals surface area contributed by atoms with Crippen LogP contribution in [0.2, 0.25) is 5.02 Å². The van der Waals surface area contributed by atoms with E-state index in [0.717, 1.165) is 188 Å². The highest BCUT2D eigenvalue weighted by Crippen LogP contribution is 2.43. The molecule has 0 radical (unpaired) electrons. The van der Waals surface area contributed by atoms with Gasteiger partial charge in [-0.2, -0.15) is 0 Å². The number of likely N-dealkylation sites (N-methyl/N-ethyl adjacent to an activating group) is 1. The first kappa shape index (κ1) is 103. The Kier molecular flexibility index (Phi) is 31.4. The van der Waals surface area contributed by atoms with Gasteiger partial charge in [0.1, 0.15) is 44.6 Å². The molecule has 24 rings (SSSR count). The minimum absolute atomic E-state index is 0. The van der Waals surface area contributed by atoms with E-state index in [-0.39, 0.29) is 54.5 Å². The monoisotopic (exact) mass is 2220 g/mol. The molecule has 13 heterocycles. The quantitative estimate of drug-likeness (QED) is 0.0464. The highest BCUT2D eigenvalue weighted by molar-refractivity contribution is 7.89. The molecule has 1 aliphatic heterocycles. The van der Waals surface area contributed by atoms with Crippen molar-refractivity contribution in [2.45, 2.75) is 67.2 Å². The van der Waals surface area contributed by atoms with Gasteiger partial charge in [0.25, 0.3) is 29.5 Å². The molecule has 23 aromatic rings. The van der Waals surface area contributed by atoms with Crippen LogP contribution in [0.3, 0.4) is 0 Å². The summed E-state index contributed by atoms with van der Waals surface area (Å²) in [6.07, 6.45) is 0.902. The number of aromatic nitrogens is 12. The summed E-state index contributed by atoms with van der Waals surface area (Å²) in [6.45, 7) is 15.9. The van der Waals surface area contributed by atoms with Gasteiger partial charge < -0.3 is 19.7 Å². The van der Waals surface area contributed by atoms with Crippen LogP contribution in [-0.4, -0.2) is 175 Å². The molecule has 45 heteroatoms. The van der Waals surface area contributed by atoms with E-state index >= 15 is 0 Å². The van der Waals surface area contributed by atoms with E-state index in [0.29, 0.717) is 77.0 Å². The number of amides is 7. The number of carbonyl (C=O) groups excluding carboxylic acids is 6. The number of nitrogens with one attached hydrogen (secondary N) is 6. The molecule has 6 N–H and O–H groups in total. The Morgan fingerprint density at radius 1 is 0.408 bits per heavy atom. The van der Waals surface area contributed by atoms with Gasteiger partial charge in [0.05, 0.1) is 132 Å². The van der Waals surface area contributed by atoms with E-state index in [9.17, 15) is 37.2 Å². The van der Waals surface area contributed by atoms with Crippen molar-refractivity contribution >= 4 is 347 Å². The number of thiazole rings is 12. The highest BCUT2D eigenvalue weighted by Gasteiger charge is 2.26. The standard InChI is InChI=1S/C18H16N4O3S3.C18H15N3O2S2.C18H15N3OS2.C17H11N3O2S2.C16H10ClN3OS2.C14H17N5OS2.CH4/c1-10-19-15-14(26-10)9-8-13-16(15)27-18(20-13)21-17(23)11-4-6-12(7-5-11)28(24,25)22(2)3;1-10-3-5-12(6-4-10)23-9-15(22)21-18-20-13-7-8-14-16(17(13)25-18)19-11(2)24-14;1-10-5-4-6-12(9-10)17(22)21(3)18-20-13-7-8-14-15(16(13)24-18)19-11(2)23-14;21-16(10-2-1-9-5-6-22-12(9)7-10)20-17-19-11-3-4-13-14(15(11)24-17)18-8-23-13;1-8-4-9(6-10(17)5-8)15(21)20-16-19-11-2-3-12-13(14(11)23-16)18-7-22-12;1-8-16-11-10(21-8)5-4-9-12(11)22-14(17-9)18-13(20)15-6-7-19(2)3;/h4-9H,1-3H3,(H,20,21,23);3-8H,9H2,1-2H3,(H,20,21,22);4-9H,1-3H3;1-4,7-8H,5-6H2,(H,19,20,21);2-7H,1H3,(H,19,20,21);4-5H,6-7H2,1-3H3,(H2,15,17,18,20);1H4. The maximum absolute atomic E-state index is 12.7. The summed E-state index contributed by atoms with van der Waals surface area (Å²) in [7, 11) is 5.10. The fourth-order valence-electron chi connectivity index (χ4n) is 15.2. The first-order valence-electron chi connectivity index (χ1n) is 44.7. The van der Waals surface area contributed by atoms with E-state index in [4.69, 9.17) is 21.1 Å². The van der Waals surface area contributed by atoms with Gasteiger partial charge in [-0.3, -0.25) is 55.5 Å². The molecule has 1 aliphatic rings. The Hall–Kier alpha value is -13.5. The van der Waals surface area contributed by atoms with E-state index in [1.165, 1.54) is 106 Å². The van der Waals surface area contributed by atoms with Crippen molar-refractivity contribution in [1.82, 2.24) is 74.3 Å². The number of benzene rings is 11. The third kappa shape index (κ3) is 23.7. The molecule has 147 heavy (non-hydrogen) atoms. The molecule has 0 fully saturated rings. The molecule has 0 atom stereocenters. The molecule has 0 saturated carbocycles. The van der Waals surface area contributed by atoms with Crippen LogP contribution in [0.1, 0.15) is 91.1 Å². The van der Waals surface area contributed by atoms with E-state index in [1.807, 2.05) is 218 Å². The molecule has 0 aliphatic carbocycles. The third-order valence-electron chi connectivity index (χ3n) is 22.2. The lowest BCUT2D eigenvalue weighted by atomic mass is 10.1. The number of hydrogen-bond acceptors (Lipinski definition) is 35. The van der Waals surface area contributed by atoms with Crippen molar-refractivity contribution in [2.24, 2.45) is 0 Å². The number of nitrogens with zero attached hydrogens (tertiary/aromatic N) is 15. The molecule has 0 saturated heterocycles. The Bertz CT molecular complexity index is 9090. The molecule has 746 valence electrons. The SMILES string of the molecule is C.Cc1cc(Cl)cc(C(=O)Nc2nc3ccc4scnc4c3s2)c1.Cc1ccc(OCC(=O)Nc2nc3ccc4sc(C)nc4c3s2)cc1.Cc1cccc(C(=O)N(C)c2nc3ccc4sc(C)nc4c3s2)c1.Cc1nc2c(ccc3nc(NC(=O)NCCN(C)C)sc32)s1.Cc1nc2c(ccc3nc(NC(=O)c4ccc(S(=O)(=O)N(C)C)cc4)sc32)s1.O=C(Nc1nc2ccc3scnc3c2s1)c1ccc2c(c1)OCC2. The lowest BCUT2D eigenvalue weighted by Crippen LogP contribution is -2.34. The molecule has 12 aromatic heterocycles. The van der Waals surface area contributed by atoms with E-state index in [1.54, 1.807) is 98.2 Å². The van der Waals surface area contributed by atoms with E-state index in [2.05, 4.69) is 91.7 Å². The van der Waals surface area contributed by atoms with Crippen LogP contribution in [0, 0.1) is 48.5 Å². The Morgan fingerprint density at radius 2 is 0.837 bits per heavy atom. The van der Waals surface area contributed by atoms with Crippen LogP contribution >= 0.6 is 148 Å². The lowest BCUT2D eigenvalue weighted by molar-refractivity contribution is -0.118. The number of carbonyl (C=O) groups is 6. The second-order valence-corrected chi connectivity index (χ2v) is 48.7. The predicted octanol–water partition coefficient (Wildman–Crippen LogP) is 25.8. The van der Waals surface area contributed by atoms with Gasteiger partial charge in [0.2, 0.25) is 10.0 Å². The number of fused-ring (bicyclic) bond motifs is 19. The Labute approximate surface area is 893 Å². The van der Waals surface area contributed by atoms with Crippen molar-refractivity contribution < 1.29 is 46.7 Å². The van der Waals surface area contributed by atoms with Crippen molar-refractivity contribution in [1.29, 1.82) is 0 Å². The number of urea groups is 1. The molecule has 0 unspecified atom stereocenters. The summed E-state index contributed by atoms with van der Waals surface area (Å²) in [5, 5.41) is 25.0. The van der Waals surface area contributed by atoms with Crippen LogP contribution in [-0.2, 0) is 21.2 Å². The summed E-state index contributed by atoms with van der Waals surface area (Å²) >= 11 is 24.5. The predicted molar refractivity (Wildman–Crippen MR) is 610 cm³/mol. The summed E-state index contributed by atoms with van der Waals surface area (Å²) in [5.41, 5.74) is 20.8. The smallest absolute Gasteiger partial charge is 0.321 e. The molecule has 11 aromatic carbocycles. The van der Waals surface area contributed by atoms with Crippen LogP contribution in [0.15, 0.2) is 198 Å². The van der Waals surface area contributed by atoms with Crippen LogP contribution in [0.25, 0.3) is 123 Å². The molecule has 31 nitrogen and oxygen atoms in total. The summed E-state index contributed by atoms with van der Waals surface area (Å²) in [6, 6.07) is 55.5. The largest absolute Gasteiger partial charge is 0.493 e. The zero-order valence-corrected chi connectivity index (χ0v) is 90.9. The van der Waals surface area contributed by atoms with Crippen LogP contribution in [0.5, 0.6) is 11.5 Å². The first-order chi connectivity index (χ1) is 70.3. The zero-order valence-electron chi connectivity index (χ0n) is 79.5. The molecule has 0 bridgehead atoms. The number of halogens is 1. The fourth-order valence-corrected chi connectivity index (χ4v) is 27.3. The van der Waals surface area contributed by atoms with Gasteiger partial charge in [-0.25, -0.2) is 77.3 Å². The van der Waals surface area contributed by atoms with Gasteiger partial charge >= 0.3 is 6.03 Å². The van der Waals surface area contributed by atoms with Gasteiger partial charge in [-0.1, -0.05) is 129 Å². The number of sulfonamides is 1. The zero-order chi connectivity index (χ0) is 102. The maximum Gasteiger partial charge on any atom is 0.321 e. The van der Waals surface area contributed by atoms with Gasteiger partial charge in [-0.05, 0) is 225 Å². The molecule has 7 amide bonds. The van der Waals surface area contributed by atoms with Crippen LogP contribution < -0.4 is 46.3 Å². The highest BCUT2D eigenvalue weighted by atomic mass is 35.5. The number of ether oxygens (including phenoxy) is 2. The van der Waals surface area contributed by atoms with Crippen molar-refractivity contribution in [3.8, 4) is 11.5 Å². The summed E-state index contributed by atoms with van der Waals surface area (Å²) in [5.74, 6) is 0.444. The van der Waals surface area contributed by atoms with Crippen molar-refractivity contribution in [3.05, 3.63) is 263 Å². The van der Waals surface area contributed by atoms with Crippen molar-refractivity contribution in [3.63, 3.8) is 0 Å². The van der Waals surface area contributed by atoms with Gasteiger partial charge in [0, 0.05) is 67.9 Å². The number of rotatable bonds is 18. The van der Waals surface area contributed by atoms with Crippen molar-refractivity contribution in [2.75, 3.05) is 93.0 Å². The van der Waals surface area contributed by atoms with Gasteiger partial charge in [0.15, 0.2) is 37.4 Å². The number of hydrogen-bond donors (Lipinski definition) is 6. The van der Waals surface area contributed by atoms with Gasteiger partial charge in [-0.15, -0.1) is 68.0 Å². The minimum Gasteiger partial charge on any atom is -0.493 e. The fraction of sp³-hybridized carbons (Fsp3) is 0.176. The second kappa shape index (κ2) is 44.6. The van der Waals surface area contributed by atoms with E-state index < -0.39 is 10.0 Å². The number of anilines is 6. The lowest BCUT2D eigenvalue weighted by Gasteiger charge is -2.13. The third-order valence-corrected chi connectivity index (χ3v) is 35.7. The molecule has 0 spiro atoms. The normalized spacial score (nSPS) is 11.7. The Balaban J connectivity index is 0.000000116. The topological polar surface area (TPSA) is 392 Å². The minimum atomic E-state index is -3.53. The Morgan fingerprint density at radius 3 is 1.31 bits per heavy atom.